The maximum atomic E-state index is 12.3. The van der Waals surface area contributed by atoms with Gasteiger partial charge in [0.25, 0.3) is 0 Å². The number of piperidine rings is 1. The van der Waals surface area contributed by atoms with Gasteiger partial charge in [-0.05, 0) is 48.2 Å². The molecule has 3 amide bonds. The Morgan fingerprint density at radius 1 is 1.21 bits per heavy atom. The summed E-state index contributed by atoms with van der Waals surface area (Å²) in [5.41, 5.74) is 5.57. The van der Waals surface area contributed by atoms with E-state index in [-0.39, 0.29) is 25.0 Å². The van der Waals surface area contributed by atoms with Crippen LogP contribution in [-0.4, -0.2) is 68.3 Å². The maximum Gasteiger partial charge on any atom is 0.249 e. The van der Waals surface area contributed by atoms with Gasteiger partial charge in [-0.15, -0.1) is 0 Å². The van der Waals surface area contributed by atoms with E-state index < -0.39 is 11.9 Å². The van der Waals surface area contributed by atoms with Crippen molar-refractivity contribution in [3.8, 4) is 11.3 Å². The molecule has 1 aromatic carbocycles. The average molecular weight is 462 g/mol. The number of pyridine rings is 1. The lowest BCUT2D eigenvalue weighted by Crippen LogP contribution is -2.51. The molecule has 0 radical (unpaired) electrons. The number of carbonyl (C=O) groups is 3. The predicted octanol–water partition coefficient (Wildman–Crippen LogP) is 1.48. The number of benzene rings is 1. The monoisotopic (exact) mass is 461 g/mol. The lowest BCUT2D eigenvalue weighted by molar-refractivity contribution is -0.141. The fraction of sp³-hybridized carbons (Fsp3) is 0.360. The minimum absolute atomic E-state index is 0.219. The van der Waals surface area contributed by atoms with Gasteiger partial charge in [-0.1, -0.05) is 12.1 Å². The van der Waals surface area contributed by atoms with Crippen molar-refractivity contribution < 1.29 is 19.5 Å². The van der Waals surface area contributed by atoms with Crippen LogP contribution in [0.1, 0.15) is 29.5 Å². The Bertz CT molecular complexity index is 1260. The SMILES string of the molecule is Cc1ccc(-c2cc(CN3CC(O)C3)c3cc[nH]c3n2)cc1CN(C=O)C1CCC(=O)NC1=O. The highest BCUT2D eigenvalue weighted by Crippen LogP contribution is 2.28. The normalized spacial score (nSPS) is 19.2. The lowest BCUT2D eigenvalue weighted by atomic mass is 9.99. The number of aryl methyl sites for hydroxylation is 1. The largest absolute Gasteiger partial charge is 0.390 e. The van der Waals surface area contributed by atoms with E-state index in [1.807, 2.05) is 37.4 Å². The Labute approximate surface area is 196 Å². The van der Waals surface area contributed by atoms with Gasteiger partial charge in [0.1, 0.15) is 11.7 Å². The van der Waals surface area contributed by atoms with Crippen LogP contribution in [0.4, 0.5) is 0 Å². The molecule has 0 spiro atoms. The molecule has 3 aromatic rings. The van der Waals surface area contributed by atoms with Gasteiger partial charge < -0.3 is 15.0 Å². The third kappa shape index (κ3) is 4.32. The summed E-state index contributed by atoms with van der Waals surface area (Å²) in [6.45, 7) is 4.29. The van der Waals surface area contributed by atoms with Crippen molar-refractivity contribution in [1.29, 1.82) is 0 Å². The van der Waals surface area contributed by atoms with Gasteiger partial charge in [-0.3, -0.25) is 24.6 Å². The Balaban J connectivity index is 1.43. The van der Waals surface area contributed by atoms with Gasteiger partial charge in [0.05, 0.1) is 11.8 Å². The van der Waals surface area contributed by atoms with Crippen LogP contribution in [-0.2, 0) is 27.5 Å². The topological polar surface area (TPSA) is 119 Å². The van der Waals surface area contributed by atoms with E-state index in [1.54, 1.807) is 0 Å². The van der Waals surface area contributed by atoms with Crippen LogP contribution >= 0.6 is 0 Å². The number of carbonyl (C=O) groups excluding carboxylic acids is 3. The number of H-pyrrole nitrogens is 1. The summed E-state index contributed by atoms with van der Waals surface area (Å²) in [4.78, 5) is 47.3. The first-order valence-electron chi connectivity index (χ1n) is 11.4. The first-order valence-corrected chi connectivity index (χ1v) is 11.4. The second-order valence-corrected chi connectivity index (χ2v) is 9.14. The Morgan fingerprint density at radius 3 is 2.76 bits per heavy atom. The molecule has 2 saturated heterocycles. The number of imide groups is 1. The number of fused-ring (bicyclic) bond motifs is 1. The van der Waals surface area contributed by atoms with Gasteiger partial charge in [0.15, 0.2) is 0 Å². The average Bonchev–Trinajstić information content (AvgIpc) is 3.27. The number of β-amino-alcohol motifs (C(OH)–C–C–N with tert-alkyl or cyclic N) is 1. The molecule has 0 saturated carbocycles. The van der Waals surface area contributed by atoms with Crippen molar-refractivity contribution in [2.24, 2.45) is 0 Å². The number of aliphatic hydroxyl groups is 1. The van der Waals surface area contributed by atoms with Crippen LogP contribution < -0.4 is 5.32 Å². The van der Waals surface area contributed by atoms with Crippen molar-refractivity contribution >= 4 is 29.3 Å². The quantitative estimate of drug-likeness (QED) is 0.362. The van der Waals surface area contributed by atoms with Crippen molar-refractivity contribution in [3.05, 3.63) is 53.2 Å². The third-order valence-corrected chi connectivity index (χ3v) is 6.69. The predicted molar refractivity (Wildman–Crippen MR) is 125 cm³/mol. The first-order chi connectivity index (χ1) is 16.4. The molecule has 0 aliphatic carbocycles. The number of nitrogens with one attached hydrogen (secondary N) is 2. The molecule has 2 aromatic heterocycles. The molecule has 2 fully saturated rings. The van der Waals surface area contributed by atoms with Crippen molar-refractivity contribution in [1.82, 2.24) is 25.1 Å². The van der Waals surface area contributed by atoms with Crippen LogP contribution in [0, 0.1) is 6.92 Å². The van der Waals surface area contributed by atoms with Crippen LogP contribution in [0.25, 0.3) is 22.3 Å². The highest BCUT2D eigenvalue weighted by Gasteiger charge is 2.31. The van der Waals surface area contributed by atoms with E-state index in [1.165, 1.54) is 4.90 Å². The molecule has 1 atom stereocenters. The van der Waals surface area contributed by atoms with Crippen LogP contribution in [0.5, 0.6) is 0 Å². The van der Waals surface area contributed by atoms with Crippen LogP contribution in [0.2, 0.25) is 0 Å². The molecular weight excluding hydrogens is 434 g/mol. The highest BCUT2D eigenvalue weighted by atomic mass is 16.3. The minimum Gasteiger partial charge on any atom is -0.390 e. The van der Waals surface area contributed by atoms with E-state index in [0.717, 1.165) is 45.5 Å². The van der Waals surface area contributed by atoms with Crippen molar-refractivity contribution in [3.63, 3.8) is 0 Å². The van der Waals surface area contributed by atoms with Crippen molar-refractivity contribution in [2.75, 3.05) is 13.1 Å². The lowest BCUT2D eigenvalue weighted by Gasteiger charge is -2.36. The zero-order valence-corrected chi connectivity index (χ0v) is 19.0. The summed E-state index contributed by atoms with van der Waals surface area (Å²) in [6.07, 6.45) is 2.83. The number of aromatic amines is 1. The number of nitrogens with zero attached hydrogens (tertiary/aromatic N) is 3. The molecule has 9 heteroatoms. The zero-order chi connectivity index (χ0) is 23.8. The summed E-state index contributed by atoms with van der Waals surface area (Å²) in [5, 5.41) is 13.0. The van der Waals surface area contributed by atoms with E-state index >= 15 is 0 Å². The summed E-state index contributed by atoms with van der Waals surface area (Å²) < 4.78 is 0. The third-order valence-electron chi connectivity index (χ3n) is 6.69. The smallest absolute Gasteiger partial charge is 0.249 e. The van der Waals surface area contributed by atoms with Gasteiger partial charge >= 0.3 is 0 Å². The highest BCUT2D eigenvalue weighted by molar-refractivity contribution is 6.00. The van der Waals surface area contributed by atoms with Gasteiger partial charge in [-0.2, -0.15) is 0 Å². The van der Waals surface area contributed by atoms with Crippen LogP contribution in [0.15, 0.2) is 36.5 Å². The second-order valence-electron chi connectivity index (χ2n) is 9.14. The molecule has 5 rings (SSSR count). The summed E-state index contributed by atoms with van der Waals surface area (Å²) in [7, 11) is 0. The minimum atomic E-state index is -0.662. The van der Waals surface area contributed by atoms with E-state index in [9.17, 15) is 19.5 Å². The van der Waals surface area contributed by atoms with E-state index in [2.05, 4.69) is 21.3 Å². The van der Waals surface area contributed by atoms with Gasteiger partial charge in [-0.25, -0.2) is 4.98 Å². The number of rotatable bonds is 7. The Morgan fingerprint density at radius 2 is 2.03 bits per heavy atom. The number of aromatic nitrogens is 2. The number of hydrogen-bond acceptors (Lipinski definition) is 6. The molecule has 4 heterocycles. The Hall–Kier alpha value is -3.56. The fourth-order valence-corrected chi connectivity index (χ4v) is 4.72. The summed E-state index contributed by atoms with van der Waals surface area (Å²) in [6, 6.07) is 9.43. The standard InChI is InChI=1S/C25H27N5O4/c1-15-2-3-16(8-17(15)11-30(14-31)22-4-5-23(33)28-25(22)34)21-9-18(10-29-12-19(32)13-29)20-6-7-26-24(20)27-21/h2-3,6-9,14,19,22,32H,4-5,10-13H2,1H3,(H,26,27)(H,28,33,34). The molecular formula is C25H27N5O4. The summed E-state index contributed by atoms with van der Waals surface area (Å²) >= 11 is 0. The van der Waals surface area contributed by atoms with E-state index in [4.69, 9.17) is 4.98 Å². The fourth-order valence-electron chi connectivity index (χ4n) is 4.72. The molecule has 3 N–H and O–H groups in total. The number of amides is 3. The van der Waals surface area contributed by atoms with Gasteiger partial charge in [0.2, 0.25) is 18.2 Å². The molecule has 9 nitrogen and oxygen atoms in total. The molecule has 1 unspecified atom stereocenters. The number of likely N-dealkylation sites (tertiary alicyclic amines) is 1. The Kier molecular flexibility index (Phi) is 5.89. The number of aliphatic hydroxyl groups excluding tert-OH is 1. The van der Waals surface area contributed by atoms with Crippen molar-refractivity contribution in [2.45, 2.75) is 45.0 Å². The molecule has 176 valence electrons. The van der Waals surface area contributed by atoms with Crippen LogP contribution in [0.3, 0.4) is 0 Å². The van der Waals surface area contributed by atoms with E-state index in [0.29, 0.717) is 25.9 Å². The molecule has 34 heavy (non-hydrogen) atoms. The number of hydrogen-bond donors (Lipinski definition) is 3. The first kappa shape index (κ1) is 22.2. The van der Waals surface area contributed by atoms with Gasteiger partial charge in [0, 0.05) is 49.7 Å². The molecule has 0 bridgehead atoms. The molecule has 2 aliphatic heterocycles. The second kappa shape index (κ2) is 9.00. The zero-order valence-electron chi connectivity index (χ0n) is 19.0. The molecule has 2 aliphatic rings. The maximum absolute atomic E-state index is 12.3. The summed E-state index contributed by atoms with van der Waals surface area (Å²) in [5.74, 6) is -0.739.